The molecule has 1 amide bonds. The number of likely N-dealkylation sites (tertiary alicyclic amines) is 1. The molecule has 2 aromatic rings. The van der Waals surface area contributed by atoms with E-state index in [1.807, 2.05) is 43.0 Å². The van der Waals surface area contributed by atoms with Gasteiger partial charge in [-0.2, -0.15) is 0 Å². The number of carbonyl (C=O) groups is 1. The summed E-state index contributed by atoms with van der Waals surface area (Å²) in [4.78, 5) is 23.2. The van der Waals surface area contributed by atoms with E-state index in [-0.39, 0.29) is 11.9 Å². The minimum absolute atomic E-state index is 0.102. The van der Waals surface area contributed by atoms with E-state index in [0.29, 0.717) is 25.5 Å². The number of ether oxygens (including phenoxy) is 2. The van der Waals surface area contributed by atoms with Gasteiger partial charge < -0.3 is 20.1 Å². The number of aromatic nitrogens is 2. The molecule has 0 saturated carbocycles. The second-order valence-electron chi connectivity index (χ2n) is 7.25. The number of piperidine rings is 1. The van der Waals surface area contributed by atoms with E-state index in [9.17, 15) is 4.79 Å². The van der Waals surface area contributed by atoms with Gasteiger partial charge in [-0.15, -0.1) is 0 Å². The smallest absolute Gasteiger partial charge is 0.227 e. The fourth-order valence-corrected chi connectivity index (χ4v) is 3.62. The van der Waals surface area contributed by atoms with Crippen molar-refractivity contribution in [3.05, 3.63) is 41.2 Å². The lowest BCUT2D eigenvalue weighted by Gasteiger charge is -2.33. The number of nitrogens with zero attached hydrogens (tertiary/aromatic N) is 3. The number of nitrogens with two attached hydrogens (primary N) is 1. The van der Waals surface area contributed by atoms with Crippen LogP contribution >= 0.6 is 0 Å². The van der Waals surface area contributed by atoms with Crippen LogP contribution in [0, 0.1) is 19.8 Å². The maximum atomic E-state index is 12.8. The van der Waals surface area contributed by atoms with Crippen molar-refractivity contribution in [3.63, 3.8) is 0 Å². The summed E-state index contributed by atoms with van der Waals surface area (Å²) in [6.07, 6.45) is 2.34. The molecule has 28 heavy (non-hydrogen) atoms. The molecule has 0 spiro atoms. The Labute approximate surface area is 165 Å². The summed E-state index contributed by atoms with van der Waals surface area (Å²) < 4.78 is 11.2. The van der Waals surface area contributed by atoms with Crippen molar-refractivity contribution in [2.75, 3.05) is 32.5 Å². The van der Waals surface area contributed by atoms with Crippen molar-refractivity contribution in [2.24, 2.45) is 5.92 Å². The molecule has 1 aromatic heterocycles. The topological polar surface area (TPSA) is 90.6 Å². The summed E-state index contributed by atoms with van der Waals surface area (Å²) >= 11 is 0. The Kier molecular flexibility index (Phi) is 6.34. The SMILES string of the molecule is COc1cccc(OC[C@@H]2CCCN(C(=O)Cc3c(C)nc(N)nc3C)C2)c1. The van der Waals surface area contributed by atoms with Crippen LogP contribution in [-0.4, -0.2) is 47.6 Å². The number of hydrogen-bond acceptors (Lipinski definition) is 6. The van der Waals surface area contributed by atoms with Gasteiger partial charge in [0.1, 0.15) is 11.5 Å². The molecule has 150 valence electrons. The maximum absolute atomic E-state index is 12.8. The van der Waals surface area contributed by atoms with E-state index in [1.165, 1.54) is 0 Å². The highest BCUT2D eigenvalue weighted by atomic mass is 16.5. The first-order valence-corrected chi connectivity index (χ1v) is 9.60. The summed E-state index contributed by atoms with van der Waals surface area (Å²) in [7, 11) is 1.64. The van der Waals surface area contributed by atoms with Crippen molar-refractivity contribution >= 4 is 11.9 Å². The Bertz CT molecular complexity index is 817. The van der Waals surface area contributed by atoms with E-state index in [1.54, 1.807) is 7.11 Å². The number of nitrogen functional groups attached to an aromatic ring is 1. The molecule has 1 fully saturated rings. The molecule has 2 heterocycles. The summed E-state index contributed by atoms with van der Waals surface area (Å²) in [5.74, 6) is 2.22. The number of methoxy groups -OCH3 is 1. The Hall–Kier alpha value is -2.83. The number of amides is 1. The van der Waals surface area contributed by atoms with Crippen molar-refractivity contribution in [2.45, 2.75) is 33.1 Å². The average Bonchev–Trinajstić information content (AvgIpc) is 2.69. The second-order valence-corrected chi connectivity index (χ2v) is 7.25. The zero-order valence-electron chi connectivity index (χ0n) is 16.8. The van der Waals surface area contributed by atoms with Crippen LogP contribution in [0.3, 0.4) is 0 Å². The lowest BCUT2D eigenvalue weighted by molar-refractivity contribution is -0.132. The van der Waals surface area contributed by atoms with Crippen LogP contribution in [0.15, 0.2) is 24.3 Å². The predicted molar refractivity (Wildman–Crippen MR) is 107 cm³/mol. The molecular formula is C21H28N4O3. The van der Waals surface area contributed by atoms with Crippen LogP contribution < -0.4 is 15.2 Å². The van der Waals surface area contributed by atoms with Crippen LogP contribution in [0.1, 0.15) is 29.8 Å². The summed E-state index contributed by atoms with van der Waals surface area (Å²) in [5, 5.41) is 0. The number of aryl methyl sites for hydroxylation is 2. The molecule has 1 saturated heterocycles. The van der Waals surface area contributed by atoms with E-state index in [4.69, 9.17) is 15.2 Å². The molecule has 7 nitrogen and oxygen atoms in total. The molecule has 0 aliphatic carbocycles. The van der Waals surface area contributed by atoms with Crippen LogP contribution in [0.2, 0.25) is 0 Å². The van der Waals surface area contributed by atoms with Crippen LogP contribution in [-0.2, 0) is 11.2 Å². The average molecular weight is 384 g/mol. The van der Waals surface area contributed by atoms with Gasteiger partial charge in [-0.05, 0) is 38.8 Å². The van der Waals surface area contributed by atoms with Gasteiger partial charge in [0, 0.05) is 42.0 Å². The monoisotopic (exact) mass is 384 g/mol. The van der Waals surface area contributed by atoms with Gasteiger partial charge >= 0.3 is 0 Å². The second kappa shape index (κ2) is 8.91. The number of benzene rings is 1. The summed E-state index contributed by atoms with van der Waals surface area (Å²) in [6, 6.07) is 7.59. The third-order valence-corrected chi connectivity index (χ3v) is 5.16. The number of rotatable bonds is 6. The fourth-order valence-electron chi connectivity index (χ4n) is 3.62. The Morgan fingerprint density at radius 2 is 1.96 bits per heavy atom. The van der Waals surface area contributed by atoms with E-state index in [0.717, 1.165) is 47.8 Å². The van der Waals surface area contributed by atoms with Crippen LogP contribution in [0.5, 0.6) is 11.5 Å². The van der Waals surface area contributed by atoms with Gasteiger partial charge in [0.2, 0.25) is 11.9 Å². The van der Waals surface area contributed by atoms with E-state index >= 15 is 0 Å². The van der Waals surface area contributed by atoms with E-state index in [2.05, 4.69) is 9.97 Å². The molecule has 2 N–H and O–H groups in total. The molecule has 1 aliphatic rings. The molecule has 7 heteroatoms. The zero-order chi connectivity index (χ0) is 20.1. The highest BCUT2D eigenvalue weighted by Crippen LogP contribution is 2.23. The molecule has 1 aliphatic heterocycles. The van der Waals surface area contributed by atoms with Crippen molar-refractivity contribution in [1.29, 1.82) is 0 Å². The first-order chi connectivity index (χ1) is 13.5. The standard InChI is InChI=1S/C21H28N4O3/c1-14-19(15(2)24-21(22)23-14)11-20(26)25-9-5-6-16(12-25)13-28-18-8-4-7-17(10-18)27-3/h4,7-8,10,16H,5-6,9,11-13H2,1-3H3,(H2,22,23,24)/t16-/m1/s1. The Morgan fingerprint density at radius 3 is 2.68 bits per heavy atom. The summed E-state index contributed by atoms with van der Waals surface area (Å²) in [5.41, 5.74) is 8.09. The van der Waals surface area contributed by atoms with Crippen molar-refractivity contribution in [3.8, 4) is 11.5 Å². The Balaban J connectivity index is 1.57. The van der Waals surface area contributed by atoms with Gasteiger partial charge in [-0.1, -0.05) is 6.07 Å². The fraction of sp³-hybridized carbons (Fsp3) is 0.476. The predicted octanol–water partition coefficient (Wildman–Crippen LogP) is 2.54. The minimum Gasteiger partial charge on any atom is -0.497 e. The molecule has 3 rings (SSSR count). The van der Waals surface area contributed by atoms with E-state index < -0.39 is 0 Å². The summed E-state index contributed by atoms with van der Waals surface area (Å²) in [6.45, 7) is 5.81. The first-order valence-electron chi connectivity index (χ1n) is 9.60. The molecule has 0 radical (unpaired) electrons. The quantitative estimate of drug-likeness (QED) is 0.823. The normalized spacial score (nSPS) is 16.7. The lowest BCUT2D eigenvalue weighted by Crippen LogP contribution is -2.42. The van der Waals surface area contributed by atoms with Gasteiger partial charge in [0.15, 0.2) is 0 Å². The maximum Gasteiger partial charge on any atom is 0.227 e. The number of carbonyl (C=O) groups excluding carboxylic acids is 1. The van der Waals surface area contributed by atoms with Gasteiger partial charge in [-0.25, -0.2) is 9.97 Å². The molecule has 0 bridgehead atoms. The molecule has 1 atom stereocenters. The molecule has 1 aromatic carbocycles. The van der Waals surface area contributed by atoms with Crippen molar-refractivity contribution in [1.82, 2.24) is 14.9 Å². The lowest BCUT2D eigenvalue weighted by atomic mass is 9.98. The molecular weight excluding hydrogens is 356 g/mol. The van der Waals surface area contributed by atoms with Crippen LogP contribution in [0.25, 0.3) is 0 Å². The Morgan fingerprint density at radius 1 is 1.25 bits per heavy atom. The number of hydrogen-bond donors (Lipinski definition) is 1. The third-order valence-electron chi connectivity index (χ3n) is 5.16. The highest BCUT2D eigenvalue weighted by Gasteiger charge is 2.25. The number of anilines is 1. The first kappa shape index (κ1) is 19.9. The van der Waals surface area contributed by atoms with Gasteiger partial charge in [0.25, 0.3) is 0 Å². The zero-order valence-corrected chi connectivity index (χ0v) is 16.8. The minimum atomic E-state index is 0.102. The third kappa shape index (κ3) is 4.91. The largest absolute Gasteiger partial charge is 0.497 e. The van der Waals surface area contributed by atoms with Gasteiger partial charge in [0.05, 0.1) is 20.1 Å². The van der Waals surface area contributed by atoms with Crippen molar-refractivity contribution < 1.29 is 14.3 Å². The van der Waals surface area contributed by atoms with Crippen LogP contribution in [0.4, 0.5) is 5.95 Å². The molecule has 0 unspecified atom stereocenters. The highest BCUT2D eigenvalue weighted by molar-refractivity contribution is 5.79. The van der Waals surface area contributed by atoms with Gasteiger partial charge in [-0.3, -0.25) is 4.79 Å².